The molecule has 2 aromatic rings. The van der Waals surface area contributed by atoms with Gasteiger partial charge in [-0.05, 0) is 11.6 Å². The molecule has 0 amide bonds. The van der Waals surface area contributed by atoms with E-state index < -0.39 is 5.97 Å². The zero-order valence-corrected chi connectivity index (χ0v) is 11.9. The van der Waals surface area contributed by atoms with Crippen LogP contribution in [-0.2, 0) is 11.2 Å². The first-order valence-electron chi connectivity index (χ1n) is 6.16. The summed E-state index contributed by atoms with van der Waals surface area (Å²) in [6.07, 6.45) is 4.23. The zero-order valence-electron chi connectivity index (χ0n) is 11.1. The number of thiazole rings is 1. The fraction of sp³-hybridized carbons (Fsp3) is 0.200. The predicted octanol–water partition coefficient (Wildman–Crippen LogP) is 3.20. The van der Waals surface area contributed by atoms with Crippen molar-refractivity contribution in [1.82, 2.24) is 4.98 Å². The van der Waals surface area contributed by atoms with Gasteiger partial charge in [-0.25, -0.2) is 9.78 Å². The number of carboxylic acid groups (broad SMARTS) is 1. The molecule has 0 aliphatic rings. The van der Waals surface area contributed by atoms with Gasteiger partial charge in [0, 0.05) is 13.5 Å². The number of nitrogens with zero attached hydrogens (tertiary/aromatic N) is 1. The fourth-order valence-electron chi connectivity index (χ4n) is 1.68. The first-order valence-corrected chi connectivity index (χ1v) is 6.97. The van der Waals surface area contributed by atoms with Gasteiger partial charge < -0.3 is 9.84 Å². The summed E-state index contributed by atoms with van der Waals surface area (Å²) in [6, 6.07) is 9.71. The van der Waals surface area contributed by atoms with Crippen LogP contribution in [0, 0.1) is 0 Å². The molecule has 0 aliphatic heterocycles. The van der Waals surface area contributed by atoms with Gasteiger partial charge in [-0.3, -0.25) is 0 Å². The molecule has 5 heteroatoms. The Hall–Kier alpha value is -1.98. The molecule has 0 fully saturated rings. The number of carbonyl (C=O) groups is 1. The summed E-state index contributed by atoms with van der Waals surface area (Å²) < 4.78 is 4.99. The van der Waals surface area contributed by atoms with E-state index in [0.29, 0.717) is 18.7 Å². The largest absolute Gasteiger partial charge is 0.477 e. The van der Waals surface area contributed by atoms with Gasteiger partial charge >= 0.3 is 5.97 Å². The van der Waals surface area contributed by atoms with E-state index >= 15 is 0 Å². The van der Waals surface area contributed by atoms with E-state index in [4.69, 9.17) is 4.74 Å². The van der Waals surface area contributed by atoms with Crippen LogP contribution in [0.15, 0.2) is 30.3 Å². The van der Waals surface area contributed by atoms with Crippen LogP contribution in [0.2, 0.25) is 0 Å². The lowest BCUT2D eigenvalue weighted by Gasteiger charge is -1.93. The molecule has 0 spiro atoms. The Morgan fingerprint density at radius 3 is 2.75 bits per heavy atom. The minimum atomic E-state index is -0.945. The van der Waals surface area contributed by atoms with Crippen molar-refractivity contribution in [2.24, 2.45) is 0 Å². The van der Waals surface area contributed by atoms with Crippen molar-refractivity contribution >= 4 is 29.5 Å². The Morgan fingerprint density at radius 1 is 1.35 bits per heavy atom. The van der Waals surface area contributed by atoms with Gasteiger partial charge in [0.1, 0.15) is 4.88 Å². The van der Waals surface area contributed by atoms with Crippen molar-refractivity contribution in [1.29, 1.82) is 0 Å². The molecular formula is C15H15NO3S. The monoisotopic (exact) mass is 289 g/mol. The highest BCUT2D eigenvalue weighted by Crippen LogP contribution is 2.21. The minimum Gasteiger partial charge on any atom is -0.477 e. The Balaban J connectivity index is 2.23. The van der Waals surface area contributed by atoms with Crippen LogP contribution >= 0.6 is 11.3 Å². The second-order valence-electron chi connectivity index (χ2n) is 4.11. The van der Waals surface area contributed by atoms with E-state index in [-0.39, 0.29) is 4.88 Å². The van der Waals surface area contributed by atoms with Gasteiger partial charge in [0.25, 0.3) is 0 Å². The molecule has 20 heavy (non-hydrogen) atoms. The highest BCUT2D eigenvalue weighted by molar-refractivity contribution is 7.13. The van der Waals surface area contributed by atoms with Crippen molar-refractivity contribution in [3.63, 3.8) is 0 Å². The van der Waals surface area contributed by atoms with Crippen LogP contribution in [0.25, 0.3) is 12.2 Å². The van der Waals surface area contributed by atoms with Crippen molar-refractivity contribution in [3.8, 4) is 0 Å². The SMILES string of the molecule is COCCc1nc(/C=C/c2ccccc2)c(C(=O)O)s1. The summed E-state index contributed by atoms with van der Waals surface area (Å²) in [7, 11) is 1.61. The Kier molecular flexibility index (Phi) is 5.03. The van der Waals surface area contributed by atoms with Crippen LogP contribution < -0.4 is 0 Å². The number of rotatable bonds is 6. The number of hydrogen-bond donors (Lipinski definition) is 1. The fourth-order valence-corrected chi connectivity index (χ4v) is 2.55. The molecule has 0 bridgehead atoms. The van der Waals surface area contributed by atoms with E-state index in [2.05, 4.69) is 4.98 Å². The van der Waals surface area contributed by atoms with Gasteiger partial charge in [0.05, 0.1) is 17.3 Å². The lowest BCUT2D eigenvalue weighted by Crippen LogP contribution is -1.94. The lowest BCUT2D eigenvalue weighted by atomic mass is 10.2. The third kappa shape index (κ3) is 3.76. The second kappa shape index (κ2) is 6.98. The predicted molar refractivity (Wildman–Crippen MR) is 80.0 cm³/mol. The maximum atomic E-state index is 11.2. The van der Waals surface area contributed by atoms with Crippen LogP contribution in [-0.4, -0.2) is 29.8 Å². The maximum absolute atomic E-state index is 11.2. The van der Waals surface area contributed by atoms with Gasteiger partial charge in [0.15, 0.2) is 0 Å². The normalized spacial score (nSPS) is 11.1. The first kappa shape index (κ1) is 14.4. The number of ether oxygens (including phenoxy) is 1. The van der Waals surface area contributed by atoms with Gasteiger partial charge in [-0.15, -0.1) is 11.3 Å². The molecule has 0 saturated carbocycles. The summed E-state index contributed by atoms with van der Waals surface area (Å²) in [5.41, 5.74) is 1.51. The highest BCUT2D eigenvalue weighted by atomic mass is 32.1. The maximum Gasteiger partial charge on any atom is 0.348 e. The average molecular weight is 289 g/mol. The van der Waals surface area contributed by atoms with E-state index in [9.17, 15) is 9.90 Å². The van der Waals surface area contributed by atoms with Crippen molar-refractivity contribution < 1.29 is 14.6 Å². The number of aromatic nitrogens is 1. The number of aromatic carboxylic acids is 1. The third-order valence-electron chi connectivity index (χ3n) is 2.65. The van der Waals surface area contributed by atoms with Gasteiger partial charge in [0.2, 0.25) is 0 Å². The van der Waals surface area contributed by atoms with Crippen LogP contribution in [0.1, 0.15) is 25.9 Å². The van der Waals surface area contributed by atoms with Crippen LogP contribution in [0.5, 0.6) is 0 Å². The molecule has 0 aliphatic carbocycles. The quantitative estimate of drug-likeness (QED) is 0.887. The molecular weight excluding hydrogens is 274 g/mol. The minimum absolute atomic E-state index is 0.267. The molecule has 4 nitrogen and oxygen atoms in total. The standard InChI is InChI=1S/C15H15NO3S/c1-19-10-9-13-16-12(14(20-13)15(17)18)8-7-11-5-3-2-4-6-11/h2-8H,9-10H2,1H3,(H,17,18)/b8-7+. The molecule has 104 valence electrons. The first-order chi connectivity index (χ1) is 9.70. The van der Waals surface area contributed by atoms with Crippen molar-refractivity contribution in [3.05, 3.63) is 51.5 Å². The molecule has 1 aromatic heterocycles. The molecule has 0 atom stereocenters. The zero-order chi connectivity index (χ0) is 14.4. The number of methoxy groups -OCH3 is 1. The highest BCUT2D eigenvalue weighted by Gasteiger charge is 2.15. The summed E-state index contributed by atoms with van der Waals surface area (Å²) in [4.78, 5) is 15.8. The van der Waals surface area contributed by atoms with Crippen LogP contribution in [0.3, 0.4) is 0 Å². The summed E-state index contributed by atoms with van der Waals surface area (Å²) in [6.45, 7) is 0.536. The average Bonchev–Trinajstić information content (AvgIpc) is 2.87. The van der Waals surface area contributed by atoms with Crippen LogP contribution in [0.4, 0.5) is 0 Å². The third-order valence-corrected chi connectivity index (χ3v) is 3.76. The van der Waals surface area contributed by atoms with E-state index in [0.717, 1.165) is 10.6 Å². The lowest BCUT2D eigenvalue weighted by molar-refractivity contribution is 0.0701. The number of carboxylic acids is 1. The Morgan fingerprint density at radius 2 is 2.10 bits per heavy atom. The van der Waals surface area contributed by atoms with E-state index in [1.165, 1.54) is 11.3 Å². The van der Waals surface area contributed by atoms with Gasteiger partial charge in [-0.1, -0.05) is 36.4 Å². The molecule has 2 rings (SSSR count). The number of hydrogen-bond acceptors (Lipinski definition) is 4. The Labute approximate surface area is 121 Å². The number of benzene rings is 1. The molecule has 1 aromatic carbocycles. The smallest absolute Gasteiger partial charge is 0.348 e. The summed E-state index contributed by atoms with van der Waals surface area (Å²) >= 11 is 1.20. The summed E-state index contributed by atoms with van der Waals surface area (Å²) in [5, 5.41) is 9.98. The Bertz CT molecular complexity index is 605. The molecule has 0 saturated heterocycles. The van der Waals surface area contributed by atoms with E-state index in [1.807, 2.05) is 36.4 Å². The topological polar surface area (TPSA) is 59.4 Å². The summed E-state index contributed by atoms with van der Waals surface area (Å²) in [5.74, 6) is -0.945. The van der Waals surface area contributed by atoms with Crippen molar-refractivity contribution in [2.75, 3.05) is 13.7 Å². The van der Waals surface area contributed by atoms with Crippen molar-refractivity contribution in [2.45, 2.75) is 6.42 Å². The molecule has 1 N–H and O–H groups in total. The molecule has 0 unspecified atom stereocenters. The molecule has 0 radical (unpaired) electrons. The van der Waals surface area contributed by atoms with Gasteiger partial charge in [-0.2, -0.15) is 0 Å². The molecule has 1 heterocycles. The van der Waals surface area contributed by atoms with E-state index in [1.54, 1.807) is 13.2 Å². The second-order valence-corrected chi connectivity index (χ2v) is 5.20.